The average molecular weight is 335 g/mol. The molecule has 0 bridgehead atoms. The number of carbonyl (C=O) groups is 1. The Morgan fingerprint density at radius 2 is 1.90 bits per heavy atom. The van der Waals surface area contributed by atoms with Crippen molar-refractivity contribution in [3.63, 3.8) is 0 Å². The molecule has 1 aliphatic heterocycles. The third kappa shape index (κ3) is 2.54. The van der Waals surface area contributed by atoms with Crippen LogP contribution in [0.2, 0.25) is 0 Å². The highest BCUT2D eigenvalue weighted by atomic mass is 79.9. The Morgan fingerprint density at radius 1 is 1.15 bits per heavy atom. The lowest BCUT2D eigenvalue weighted by Gasteiger charge is -2.16. The molecule has 102 valence electrons. The SMILES string of the molecule is O=C(Nc1ccccc1F)N1Cc2ccc(Br)cc2C1. The molecule has 2 aromatic rings. The molecule has 0 radical (unpaired) electrons. The van der Waals surface area contributed by atoms with Gasteiger partial charge in [-0.1, -0.05) is 34.1 Å². The maximum atomic E-state index is 13.5. The standard InChI is InChI=1S/C15H12BrFN2O/c16-12-6-5-10-8-19(9-11(10)7-12)15(20)18-14-4-2-1-3-13(14)17/h1-7H,8-9H2,(H,18,20). The highest BCUT2D eigenvalue weighted by Gasteiger charge is 2.23. The lowest BCUT2D eigenvalue weighted by atomic mass is 10.1. The van der Waals surface area contributed by atoms with E-state index in [9.17, 15) is 9.18 Å². The van der Waals surface area contributed by atoms with E-state index in [4.69, 9.17) is 0 Å². The summed E-state index contributed by atoms with van der Waals surface area (Å²) in [5.74, 6) is -0.430. The Kier molecular flexibility index (Phi) is 3.44. The smallest absolute Gasteiger partial charge is 0.316 e. The van der Waals surface area contributed by atoms with Crippen LogP contribution < -0.4 is 5.32 Å². The van der Waals surface area contributed by atoms with E-state index in [1.807, 2.05) is 18.2 Å². The quantitative estimate of drug-likeness (QED) is 0.835. The first-order valence-electron chi connectivity index (χ1n) is 6.21. The minimum atomic E-state index is -0.430. The number of nitrogens with zero attached hydrogens (tertiary/aromatic N) is 1. The summed E-state index contributed by atoms with van der Waals surface area (Å²) in [7, 11) is 0. The number of carbonyl (C=O) groups excluding carboxylic acids is 1. The third-order valence-corrected chi connectivity index (χ3v) is 3.79. The van der Waals surface area contributed by atoms with Gasteiger partial charge < -0.3 is 10.2 Å². The number of amides is 2. The number of urea groups is 1. The van der Waals surface area contributed by atoms with E-state index in [1.165, 1.54) is 6.07 Å². The fourth-order valence-corrected chi connectivity index (χ4v) is 2.67. The maximum Gasteiger partial charge on any atom is 0.322 e. The van der Waals surface area contributed by atoms with Crippen molar-refractivity contribution in [2.75, 3.05) is 5.32 Å². The maximum absolute atomic E-state index is 13.5. The molecule has 0 aliphatic carbocycles. The van der Waals surface area contributed by atoms with Crippen molar-refractivity contribution in [1.82, 2.24) is 4.90 Å². The van der Waals surface area contributed by atoms with Crippen LogP contribution in [0, 0.1) is 5.82 Å². The predicted octanol–water partition coefficient (Wildman–Crippen LogP) is 4.14. The van der Waals surface area contributed by atoms with Crippen molar-refractivity contribution >= 4 is 27.6 Å². The van der Waals surface area contributed by atoms with Crippen LogP contribution in [0.3, 0.4) is 0 Å². The zero-order valence-electron chi connectivity index (χ0n) is 10.6. The number of rotatable bonds is 1. The number of nitrogens with one attached hydrogen (secondary N) is 1. The molecule has 0 aromatic heterocycles. The fourth-order valence-electron chi connectivity index (χ4n) is 2.26. The van der Waals surface area contributed by atoms with E-state index >= 15 is 0 Å². The topological polar surface area (TPSA) is 32.3 Å². The largest absolute Gasteiger partial charge is 0.322 e. The number of fused-ring (bicyclic) bond motifs is 1. The van der Waals surface area contributed by atoms with E-state index in [1.54, 1.807) is 23.1 Å². The molecular weight excluding hydrogens is 323 g/mol. The highest BCUT2D eigenvalue weighted by molar-refractivity contribution is 9.10. The summed E-state index contributed by atoms with van der Waals surface area (Å²) in [5, 5.41) is 2.60. The number of hydrogen-bond donors (Lipinski definition) is 1. The summed E-state index contributed by atoms with van der Waals surface area (Å²) in [4.78, 5) is 13.8. The number of para-hydroxylation sites is 1. The molecular formula is C15H12BrFN2O. The van der Waals surface area contributed by atoms with Gasteiger partial charge >= 0.3 is 6.03 Å². The summed E-state index contributed by atoms with van der Waals surface area (Å²) in [6.45, 7) is 1.08. The third-order valence-electron chi connectivity index (χ3n) is 3.29. The molecule has 20 heavy (non-hydrogen) atoms. The van der Waals surface area contributed by atoms with Gasteiger partial charge in [0.25, 0.3) is 0 Å². The molecule has 0 atom stereocenters. The minimum absolute atomic E-state index is 0.203. The van der Waals surface area contributed by atoms with Gasteiger partial charge in [0, 0.05) is 17.6 Å². The van der Waals surface area contributed by atoms with Gasteiger partial charge in [-0.2, -0.15) is 0 Å². The van der Waals surface area contributed by atoms with Gasteiger partial charge in [0.1, 0.15) is 5.82 Å². The molecule has 0 fully saturated rings. The highest BCUT2D eigenvalue weighted by Crippen LogP contribution is 2.26. The van der Waals surface area contributed by atoms with Gasteiger partial charge in [-0.15, -0.1) is 0 Å². The molecule has 5 heteroatoms. The monoisotopic (exact) mass is 334 g/mol. The molecule has 0 unspecified atom stereocenters. The number of hydrogen-bond acceptors (Lipinski definition) is 1. The summed E-state index contributed by atoms with van der Waals surface area (Å²) >= 11 is 3.42. The van der Waals surface area contributed by atoms with E-state index in [0.29, 0.717) is 13.1 Å². The Morgan fingerprint density at radius 3 is 2.70 bits per heavy atom. The van der Waals surface area contributed by atoms with E-state index in [2.05, 4.69) is 21.2 Å². The number of anilines is 1. The first kappa shape index (κ1) is 13.1. The zero-order chi connectivity index (χ0) is 14.1. The van der Waals surface area contributed by atoms with Crippen LogP contribution in [-0.4, -0.2) is 10.9 Å². The van der Waals surface area contributed by atoms with Crippen LogP contribution in [0.1, 0.15) is 11.1 Å². The lowest BCUT2D eigenvalue weighted by molar-refractivity contribution is 0.212. The first-order valence-corrected chi connectivity index (χ1v) is 7.00. The Bertz CT molecular complexity index is 675. The van der Waals surface area contributed by atoms with Crippen molar-refractivity contribution in [2.24, 2.45) is 0 Å². The van der Waals surface area contributed by atoms with Crippen LogP contribution in [-0.2, 0) is 13.1 Å². The summed E-state index contributed by atoms with van der Waals surface area (Å²) in [5.41, 5.74) is 2.44. The van der Waals surface area contributed by atoms with Gasteiger partial charge in [-0.25, -0.2) is 9.18 Å². The summed E-state index contributed by atoms with van der Waals surface area (Å²) < 4.78 is 14.5. The Hall–Kier alpha value is -1.88. The molecule has 1 heterocycles. The minimum Gasteiger partial charge on any atom is -0.316 e. The molecule has 3 rings (SSSR count). The van der Waals surface area contributed by atoms with Gasteiger partial charge in [-0.3, -0.25) is 0 Å². The second kappa shape index (κ2) is 5.25. The molecule has 2 aromatic carbocycles. The van der Waals surface area contributed by atoms with Crippen molar-refractivity contribution in [3.8, 4) is 0 Å². The molecule has 0 spiro atoms. The normalized spacial score (nSPS) is 13.2. The average Bonchev–Trinajstić information content (AvgIpc) is 2.84. The molecule has 1 N–H and O–H groups in total. The van der Waals surface area contributed by atoms with Crippen molar-refractivity contribution in [3.05, 3.63) is 63.9 Å². The van der Waals surface area contributed by atoms with Crippen LogP contribution >= 0.6 is 15.9 Å². The van der Waals surface area contributed by atoms with Crippen molar-refractivity contribution in [2.45, 2.75) is 13.1 Å². The summed E-state index contributed by atoms with van der Waals surface area (Å²) in [6.07, 6.45) is 0. The molecule has 0 saturated carbocycles. The van der Waals surface area contributed by atoms with E-state index in [-0.39, 0.29) is 11.7 Å². The van der Waals surface area contributed by atoms with Gasteiger partial charge in [-0.05, 0) is 35.4 Å². The van der Waals surface area contributed by atoms with Crippen LogP contribution in [0.25, 0.3) is 0 Å². The molecule has 0 saturated heterocycles. The Balaban J connectivity index is 1.73. The van der Waals surface area contributed by atoms with Crippen molar-refractivity contribution < 1.29 is 9.18 Å². The first-order chi connectivity index (χ1) is 9.63. The fraction of sp³-hybridized carbons (Fsp3) is 0.133. The number of benzene rings is 2. The van der Waals surface area contributed by atoms with Gasteiger partial charge in [0.05, 0.1) is 5.69 Å². The van der Waals surface area contributed by atoms with E-state index < -0.39 is 5.82 Å². The van der Waals surface area contributed by atoms with Gasteiger partial charge in [0.15, 0.2) is 0 Å². The van der Waals surface area contributed by atoms with Gasteiger partial charge in [0.2, 0.25) is 0 Å². The zero-order valence-corrected chi connectivity index (χ0v) is 12.2. The second-order valence-corrected chi connectivity index (χ2v) is 5.59. The number of halogens is 2. The molecule has 3 nitrogen and oxygen atoms in total. The predicted molar refractivity (Wildman–Crippen MR) is 78.8 cm³/mol. The van der Waals surface area contributed by atoms with E-state index in [0.717, 1.165) is 15.6 Å². The summed E-state index contributed by atoms with van der Waals surface area (Å²) in [6, 6.07) is 11.8. The van der Waals surface area contributed by atoms with Crippen LogP contribution in [0.5, 0.6) is 0 Å². The van der Waals surface area contributed by atoms with Crippen molar-refractivity contribution in [1.29, 1.82) is 0 Å². The second-order valence-electron chi connectivity index (χ2n) is 4.68. The lowest BCUT2D eigenvalue weighted by Crippen LogP contribution is -2.30. The van der Waals surface area contributed by atoms with Crippen LogP contribution in [0.4, 0.5) is 14.9 Å². The van der Waals surface area contributed by atoms with Crippen LogP contribution in [0.15, 0.2) is 46.9 Å². The Labute approximate surface area is 124 Å². The molecule has 1 aliphatic rings. The molecule has 2 amide bonds.